The summed E-state index contributed by atoms with van der Waals surface area (Å²) in [4.78, 5) is 24.3. The number of nitrogens with zero attached hydrogens (tertiary/aromatic N) is 2. The zero-order valence-corrected chi connectivity index (χ0v) is 19.6. The maximum atomic E-state index is 13.0. The SMILES string of the molecule is CCN(CC)CCc1c(-c2ccccc2)c2cc(OC)ccc2c(=O)n1C.O=C(O)C(F)(F)F. The molecule has 3 aromatic rings. The van der Waals surface area contributed by atoms with E-state index in [1.165, 1.54) is 0 Å². The maximum Gasteiger partial charge on any atom is 0.490 e. The van der Waals surface area contributed by atoms with E-state index >= 15 is 0 Å². The number of carboxylic acids is 1. The van der Waals surface area contributed by atoms with Crippen LogP contribution in [0.1, 0.15) is 19.5 Å². The van der Waals surface area contributed by atoms with Gasteiger partial charge in [-0.3, -0.25) is 4.79 Å². The standard InChI is InChI=1S/C23H28N2O2.C2HF3O2/c1-5-25(6-2)15-14-21-22(17-10-8-7-9-11-17)20-16-18(27-4)12-13-19(20)23(26)24(21)3;3-2(4,5)1(6)7/h7-13,16H,5-6,14-15H2,1-4H3;(H,6,7). The summed E-state index contributed by atoms with van der Waals surface area (Å²) in [6, 6.07) is 16.0. The Kier molecular flexibility index (Phi) is 9.26. The van der Waals surface area contributed by atoms with Gasteiger partial charge in [0.05, 0.1) is 7.11 Å². The highest BCUT2D eigenvalue weighted by molar-refractivity contribution is 5.98. The molecule has 0 bridgehead atoms. The van der Waals surface area contributed by atoms with E-state index in [4.69, 9.17) is 14.6 Å². The van der Waals surface area contributed by atoms with Gasteiger partial charge in [0, 0.05) is 42.0 Å². The molecule has 0 aliphatic rings. The van der Waals surface area contributed by atoms with Gasteiger partial charge in [0.15, 0.2) is 0 Å². The molecule has 2 aromatic carbocycles. The number of benzene rings is 2. The number of hydrogen-bond acceptors (Lipinski definition) is 4. The van der Waals surface area contributed by atoms with Crippen molar-refractivity contribution < 1.29 is 27.8 Å². The second-order valence-corrected chi connectivity index (χ2v) is 7.54. The number of halogens is 3. The third-order valence-corrected chi connectivity index (χ3v) is 5.59. The normalized spacial score (nSPS) is 11.3. The number of fused-ring (bicyclic) bond motifs is 1. The summed E-state index contributed by atoms with van der Waals surface area (Å²) in [5, 5.41) is 8.81. The highest BCUT2D eigenvalue weighted by Gasteiger charge is 2.38. The molecule has 1 heterocycles. The molecule has 34 heavy (non-hydrogen) atoms. The van der Waals surface area contributed by atoms with Gasteiger partial charge in [-0.05, 0) is 36.9 Å². The lowest BCUT2D eigenvalue weighted by atomic mass is 9.95. The summed E-state index contributed by atoms with van der Waals surface area (Å²) >= 11 is 0. The molecule has 1 N–H and O–H groups in total. The van der Waals surface area contributed by atoms with Crippen LogP contribution in [0.5, 0.6) is 5.75 Å². The number of pyridine rings is 1. The lowest BCUT2D eigenvalue weighted by molar-refractivity contribution is -0.192. The molecule has 0 unspecified atom stereocenters. The molecule has 6 nitrogen and oxygen atoms in total. The highest BCUT2D eigenvalue weighted by Crippen LogP contribution is 2.33. The van der Waals surface area contributed by atoms with Crippen LogP contribution >= 0.6 is 0 Å². The summed E-state index contributed by atoms with van der Waals surface area (Å²) in [6.07, 6.45) is -4.26. The summed E-state index contributed by atoms with van der Waals surface area (Å²) in [5.41, 5.74) is 3.36. The first kappa shape index (κ1) is 26.9. The number of carboxylic acid groups (broad SMARTS) is 1. The Bertz CT molecular complexity index is 1170. The highest BCUT2D eigenvalue weighted by atomic mass is 19.4. The summed E-state index contributed by atoms with van der Waals surface area (Å²) in [5.74, 6) is -1.99. The Balaban J connectivity index is 0.000000509. The molecule has 1 aromatic heterocycles. The third kappa shape index (κ3) is 6.38. The monoisotopic (exact) mass is 478 g/mol. The zero-order valence-electron chi connectivity index (χ0n) is 19.6. The third-order valence-electron chi connectivity index (χ3n) is 5.59. The Labute approximate surface area is 196 Å². The molecule has 0 amide bonds. The van der Waals surface area contributed by atoms with Crippen molar-refractivity contribution in [1.82, 2.24) is 9.47 Å². The van der Waals surface area contributed by atoms with Crippen LogP contribution in [0.3, 0.4) is 0 Å². The fourth-order valence-electron chi connectivity index (χ4n) is 3.69. The van der Waals surface area contributed by atoms with E-state index in [0.717, 1.165) is 59.4 Å². The molecule has 0 aliphatic carbocycles. The van der Waals surface area contributed by atoms with Crippen LogP contribution in [0.2, 0.25) is 0 Å². The molecular weight excluding hydrogens is 449 g/mol. The van der Waals surface area contributed by atoms with Crippen LogP contribution in [0.25, 0.3) is 21.9 Å². The molecule has 0 fully saturated rings. The van der Waals surface area contributed by atoms with Crippen molar-refractivity contribution in [3.05, 3.63) is 64.6 Å². The van der Waals surface area contributed by atoms with E-state index in [2.05, 4.69) is 30.9 Å². The minimum atomic E-state index is -5.08. The molecule has 0 radical (unpaired) electrons. The average Bonchev–Trinajstić information content (AvgIpc) is 2.82. The van der Waals surface area contributed by atoms with Gasteiger partial charge in [0.2, 0.25) is 0 Å². The number of aliphatic carboxylic acids is 1. The van der Waals surface area contributed by atoms with Gasteiger partial charge in [-0.25, -0.2) is 4.79 Å². The number of hydrogen-bond donors (Lipinski definition) is 1. The van der Waals surface area contributed by atoms with Crippen LogP contribution in [0, 0.1) is 0 Å². The number of alkyl halides is 3. The van der Waals surface area contributed by atoms with E-state index in [0.29, 0.717) is 0 Å². The van der Waals surface area contributed by atoms with Gasteiger partial charge in [0.1, 0.15) is 5.75 Å². The van der Waals surface area contributed by atoms with Crippen LogP contribution < -0.4 is 10.3 Å². The van der Waals surface area contributed by atoms with Crippen LogP contribution in [-0.2, 0) is 18.3 Å². The number of likely N-dealkylation sites (N-methyl/N-ethyl adjacent to an activating group) is 1. The van der Waals surface area contributed by atoms with Gasteiger partial charge >= 0.3 is 12.1 Å². The Morgan fingerprint density at radius 2 is 1.65 bits per heavy atom. The zero-order chi connectivity index (χ0) is 25.5. The summed E-state index contributed by atoms with van der Waals surface area (Å²) < 4.78 is 39.0. The Morgan fingerprint density at radius 3 is 2.15 bits per heavy atom. The van der Waals surface area contributed by atoms with Crippen LogP contribution in [0.15, 0.2) is 53.3 Å². The quantitative estimate of drug-likeness (QED) is 0.532. The molecule has 0 aliphatic heterocycles. The van der Waals surface area contributed by atoms with Crippen molar-refractivity contribution in [2.24, 2.45) is 7.05 Å². The predicted octanol–water partition coefficient (Wildman–Crippen LogP) is 4.73. The van der Waals surface area contributed by atoms with E-state index in [1.54, 1.807) is 7.11 Å². The van der Waals surface area contributed by atoms with Crippen molar-refractivity contribution >= 4 is 16.7 Å². The van der Waals surface area contributed by atoms with Gasteiger partial charge in [0.25, 0.3) is 5.56 Å². The Hall–Kier alpha value is -3.33. The van der Waals surface area contributed by atoms with Crippen LogP contribution in [0.4, 0.5) is 13.2 Å². The van der Waals surface area contributed by atoms with Crippen LogP contribution in [-0.4, -0.2) is 53.5 Å². The Morgan fingerprint density at radius 1 is 1.06 bits per heavy atom. The largest absolute Gasteiger partial charge is 0.497 e. The molecular formula is C25H29F3N2O4. The number of ether oxygens (including phenoxy) is 1. The molecule has 184 valence electrons. The van der Waals surface area contributed by atoms with Gasteiger partial charge < -0.3 is 19.3 Å². The molecule has 0 spiro atoms. The molecule has 0 saturated heterocycles. The molecule has 0 atom stereocenters. The topological polar surface area (TPSA) is 71.8 Å². The first-order valence-electron chi connectivity index (χ1n) is 10.8. The lowest BCUT2D eigenvalue weighted by Crippen LogP contribution is -2.29. The van der Waals surface area contributed by atoms with E-state index in [1.807, 2.05) is 48.0 Å². The second-order valence-electron chi connectivity index (χ2n) is 7.54. The van der Waals surface area contributed by atoms with Gasteiger partial charge in [-0.2, -0.15) is 13.2 Å². The fraction of sp³-hybridized carbons (Fsp3) is 0.360. The summed E-state index contributed by atoms with van der Waals surface area (Å²) in [6.45, 7) is 7.28. The number of aromatic nitrogens is 1. The average molecular weight is 479 g/mol. The first-order chi connectivity index (χ1) is 16.0. The van der Waals surface area contributed by atoms with Gasteiger partial charge in [-0.1, -0.05) is 44.2 Å². The predicted molar refractivity (Wildman–Crippen MR) is 126 cm³/mol. The molecule has 9 heteroatoms. The minimum Gasteiger partial charge on any atom is -0.497 e. The number of carbonyl (C=O) groups is 1. The fourth-order valence-corrected chi connectivity index (χ4v) is 3.69. The molecule has 3 rings (SSSR count). The van der Waals surface area contributed by atoms with Crippen molar-refractivity contribution in [3.63, 3.8) is 0 Å². The molecule has 0 saturated carbocycles. The summed E-state index contributed by atoms with van der Waals surface area (Å²) in [7, 11) is 3.54. The first-order valence-corrected chi connectivity index (χ1v) is 10.8. The second kappa shape index (κ2) is 11.7. The van der Waals surface area contributed by atoms with E-state index in [9.17, 15) is 18.0 Å². The smallest absolute Gasteiger partial charge is 0.490 e. The van der Waals surface area contributed by atoms with Crippen molar-refractivity contribution in [1.29, 1.82) is 0 Å². The lowest BCUT2D eigenvalue weighted by Gasteiger charge is -2.22. The maximum absolute atomic E-state index is 13.0. The van der Waals surface area contributed by atoms with E-state index < -0.39 is 12.1 Å². The van der Waals surface area contributed by atoms with Crippen molar-refractivity contribution in [3.8, 4) is 16.9 Å². The van der Waals surface area contributed by atoms with E-state index in [-0.39, 0.29) is 5.56 Å². The van der Waals surface area contributed by atoms with Crippen molar-refractivity contribution in [2.45, 2.75) is 26.4 Å². The van der Waals surface area contributed by atoms with Crippen molar-refractivity contribution in [2.75, 3.05) is 26.7 Å². The number of methoxy groups -OCH3 is 1. The number of rotatable bonds is 7. The van der Waals surface area contributed by atoms with Gasteiger partial charge in [-0.15, -0.1) is 0 Å². The minimum absolute atomic E-state index is 0.0434.